The minimum Gasteiger partial charge on any atom is -0.475 e. The number of carbonyl (C=O) groups excluding carboxylic acids is 1. The van der Waals surface area contributed by atoms with Crippen molar-refractivity contribution in [1.29, 1.82) is 0 Å². The summed E-state index contributed by atoms with van der Waals surface area (Å²) in [6, 6.07) is 0. The van der Waals surface area contributed by atoms with E-state index in [4.69, 9.17) is 17.3 Å². The Morgan fingerprint density at radius 2 is 2.50 bits per heavy atom. The average Bonchev–Trinajstić information content (AvgIpc) is 2.57. The number of rotatable bonds is 2. The lowest BCUT2D eigenvalue weighted by Crippen LogP contribution is -2.26. The number of hydrogen-bond donors (Lipinski definition) is 0. The van der Waals surface area contributed by atoms with E-state index in [0.29, 0.717) is 19.0 Å². The van der Waals surface area contributed by atoms with Crippen LogP contribution in [0.25, 0.3) is 0 Å². The summed E-state index contributed by atoms with van der Waals surface area (Å²) in [6.45, 7) is 4.71. The Morgan fingerprint density at radius 3 is 3.19 bits per heavy atom. The van der Waals surface area contributed by atoms with Gasteiger partial charge in [0.15, 0.2) is 5.69 Å². The normalized spacial score (nSPS) is 18.8. The summed E-state index contributed by atoms with van der Waals surface area (Å²) in [5, 5.41) is 4.10. The van der Waals surface area contributed by atoms with E-state index in [1.165, 1.54) is 0 Å². The van der Waals surface area contributed by atoms with Gasteiger partial charge in [0.2, 0.25) is 5.88 Å². The fourth-order valence-electron chi connectivity index (χ4n) is 1.64. The highest BCUT2D eigenvalue weighted by atomic mass is 16.5. The Morgan fingerprint density at radius 1 is 1.75 bits per heavy atom. The maximum atomic E-state index is 11.5. The van der Waals surface area contributed by atoms with Gasteiger partial charge in [-0.2, -0.15) is 5.10 Å². The van der Waals surface area contributed by atoms with Crippen molar-refractivity contribution < 1.29 is 14.3 Å². The molecule has 0 amide bonds. The lowest BCUT2D eigenvalue weighted by Gasteiger charge is -2.21. The maximum absolute atomic E-state index is 11.5. The zero-order chi connectivity index (χ0) is 11.7. The molecule has 1 atom stereocenters. The molecule has 0 saturated heterocycles. The Kier molecular flexibility index (Phi) is 2.89. The van der Waals surface area contributed by atoms with Gasteiger partial charge in [-0.25, -0.2) is 9.48 Å². The van der Waals surface area contributed by atoms with E-state index in [0.717, 1.165) is 6.42 Å². The van der Waals surface area contributed by atoms with E-state index in [1.54, 1.807) is 11.6 Å². The van der Waals surface area contributed by atoms with Gasteiger partial charge in [0, 0.05) is 13.0 Å². The summed E-state index contributed by atoms with van der Waals surface area (Å²) in [6.07, 6.45) is 0.956. The number of aryl methyl sites for hydroxylation is 1. The predicted octanol–water partition coefficient (Wildman–Crippen LogP) is 0.0246. The molecular formula is C10H13BN2O3. The fourth-order valence-corrected chi connectivity index (χ4v) is 1.64. The highest BCUT2D eigenvalue weighted by Crippen LogP contribution is 2.19. The van der Waals surface area contributed by atoms with Crippen molar-refractivity contribution in [3.05, 3.63) is 5.69 Å². The first-order valence-corrected chi connectivity index (χ1v) is 5.33. The Labute approximate surface area is 95.1 Å². The topological polar surface area (TPSA) is 53.3 Å². The van der Waals surface area contributed by atoms with Gasteiger partial charge in [0.05, 0.1) is 12.7 Å². The molecule has 1 aliphatic rings. The highest BCUT2D eigenvalue weighted by Gasteiger charge is 2.25. The van der Waals surface area contributed by atoms with Gasteiger partial charge in [0.1, 0.15) is 7.85 Å². The number of esters is 1. The van der Waals surface area contributed by atoms with E-state index >= 15 is 0 Å². The molecule has 16 heavy (non-hydrogen) atoms. The van der Waals surface area contributed by atoms with Crippen LogP contribution in [0.2, 0.25) is 0 Å². The van der Waals surface area contributed by atoms with Crippen LogP contribution in [0.3, 0.4) is 0 Å². The van der Waals surface area contributed by atoms with Crippen molar-refractivity contribution in [3.8, 4) is 5.88 Å². The van der Waals surface area contributed by atoms with Gasteiger partial charge in [-0.1, -0.05) is 0 Å². The van der Waals surface area contributed by atoms with Gasteiger partial charge in [-0.15, -0.1) is 0 Å². The second-order valence-electron chi connectivity index (χ2n) is 3.73. The van der Waals surface area contributed by atoms with Crippen molar-refractivity contribution in [1.82, 2.24) is 9.78 Å². The van der Waals surface area contributed by atoms with Crippen LogP contribution in [-0.2, 0) is 11.3 Å². The minimum absolute atomic E-state index is 0.0987. The zero-order valence-electron chi connectivity index (χ0n) is 9.40. The van der Waals surface area contributed by atoms with Crippen molar-refractivity contribution in [3.63, 3.8) is 0 Å². The second-order valence-corrected chi connectivity index (χ2v) is 3.73. The quantitative estimate of drug-likeness (QED) is 0.521. The van der Waals surface area contributed by atoms with Crippen molar-refractivity contribution >= 4 is 19.3 Å². The van der Waals surface area contributed by atoms with Crippen LogP contribution in [0.5, 0.6) is 5.88 Å². The van der Waals surface area contributed by atoms with Crippen LogP contribution in [-0.4, -0.2) is 36.3 Å². The molecule has 0 aliphatic carbocycles. The van der Waals surface area contributed by atoms with E-state index < -0.39 is 5.97 Å². The molecule has 0 aromatic carbocycles. The molecule has 1 aliphatic heterocycles. The lowest BCUT2D eigenvalue weighted by molar-refractivity contribution is 0.0520. The lowest BCUT2D eigenvalue weighted by atomic mass is 9.96. The van der Waals surface area contributed by atoms with Crippen LogP contribution < -0.4 is 10.2 Å². The standard InChI is InChI=1S/C10H13BN2O3/c1-3-15-10(14)8-7(11)9-13(12-8)5-4-6(2)16-9/h6H,3-5H2,1-2H3. The molecule has 0 bridgehead atoms. The molecule has 0 N–H and O–H groups in total. The first-order chi connectivity index (χ1) is 7.63. The van der Waals surface area contributed by atoms with E-state index in [9.17, 15) is 4.79 Å². The fraction of sp³-hybridized carbons (Fsp3) is 0.600. The number of fused-ring (bicyclic) bond motifs is 1. The van der Waals surface area contributed by atoms with E-state index in [1.807, 2.05) is 6.92 Å². The monoisotopic (exact) mass is 220 g/mol. The molecule has 2 radical (unpaired) electrons. The largest absolute Gasteiger partial charge is 0.475 e. The number of ether oxygens (including phenoxy) is 2. The maximum Gasteiger partial charge on any atom is 0.358 e. The number of nitrogens with zero attached hydrogens (tertiary/aromatic N) is 2. The van der Waals surface area contributed by atoms with Gasteiger partial charge in [0.25, 0.3) is 0 Å². The molecule has 0 fully saturated rings. The van der Waals surface area contributed by atoms with Crippen molar-refractivity contribution in [2.24, 2.45) is 0 Å². The summed E-state index contributed by atoms with van der Waals surface area (Å²) in [5.74, 6) is -0.0278. The summed E-state index contributed by atoms with van der Waals surface area (Å²) in [7, 11) is 5.81. The summed E-state index contributed by atoms with van der Waals surface area (Å²) >= 11 is 0. The third-order valence-corrected chi connectivity index (χ3v) is 2.47. The number of carbonyl (C=O) groups is 1. The highest BCUT2D eigenvalue weighted by molar-refractivity contribution is 6.37. The van der Waals surface area contributed by atoms with Crippen LogP contribution in [0, 0.1) is 0 Å². The molecule has 0 spiro atoms. The second kappa shape index (κ2) is 4.19. The average molecular weight is 220 g/mol. The first-order valence-electron chi connectivity index (χ1n) is 5.33. The molecule has 84 valence electrons. The first kappa shape index (κ1) is 11.0. The third kappa shape index (κ3) is 1.79. The van der Waals surface area contributed by atoms with Gasteiger partial charge in [-0.05, 0) is 19.3 Å². The summed E-state index contributed by atoms with van der Waals surface area (Å²) in [4.78, 5) is 11.5. The van der Waals surface area contributed by atoms with Crippen molar-refractivity contribution in [2.75, 3.05) is 6.61 Å². The molecule has 1 aromatic heterocycles. The molecular weight excluding hydrogens is 207 g/mol. The van der Waals surface area contributed by atoms with Crippen LogP contribution in [0.15, 0.2) is 0 Å². The Hall–Kier alpha value is -1.46. The molecule has 1 unspecified atom stereocenters. The molecule has 2 rings (SSSR count). The predicted molar refractivity (Wildman–Crippen MR) is 58.3 cm³/mol. The minimum atomic E-state index is -0.502. The number of hydrogen-bond acceptors (Lipinski definition) is 4. The molecule has 6 heteroatoms. The van der Waals surface area contributed by atoms with Crippen LogP contribution in [0.4, 0.5) is 0 Å². The third-order valence-electron chi connectivity index (χ3n) is 2.47. The van der Waals surface area contributed by atoms with Crippen LogP contribution >= 0.6 is 0 Å². The van der Waals surface area contributed by atoms with Crippen LogP contribution in [0.1, 0.15) is 30.8 Å². The molecule has 2 heterocycles. The van der Waals surface area contributed by atoms with Gasteiger partial charge < -0.3 is 9.47 Å². The Balaban J connectivity index is 2.32. The zero-order valence-corrected chi connectivity index (χ0v) is 9.40. The van der Waals surface area contributed by atoms with E-state index in [2.05, 4.69) is 5.10 Å². The summed E-state index contributed by atoms with van der Waals surface area (Å²) in [5.41, 5.74) is 0.413. The summed E-state index contributed by atoms with van der Waals surface area (Å²) < 4.78 is 12.0. The molecule has 0 saturated carbocycles. The van der Waals surface area contributed by atoms with Gasteiger partial charge in [-0.3, -0.25) is 0 Å². The molecule has 5 nitrogen and oxygen atoms in total. The SMILES string of the molecule is [B]c1c(C(=O)OCC)nn2c1OC(C)CC2. The van der Waals surface area contributed by atoms with Gasteiger partial charge >= 0.3 is 5.97 Å². The smallest absolute Gasteiger partial charge is 0.358 e. The molecule has 1 aromatic rings. The Bertz CT molecular complexity index is 416. The van der Waals surface area contributed by atoms with E-state index in [-0.39, 0.29) is 17.3 Å². The van der Waals surface area contributed by atoms with Crippen molar-refractivity contribution in [2.45, 2.75) is 32.9 Å². The number of aromatic nitrogens is 2.